The first-order valence-corrected chi connectivity index (χ1v) is 3.22. The lowest BCUT2D eigenvalue weighted by atomic mass is 10.6. The van der Waals surface area contributed by atoms with E-state index in [1.807, 2.05) is 22.6 Å². The van der Waals surface area contributed by atoms with Crippen LogP contribution in [-0.4, -0.2) is 4.22 Å². The lowest BCUT2D eigenvalue weighted by molar-refractivity contribution is 1.05. The Morgan fingerprint density at radius 1 is 1.75 bits per heavy atom. The molecule has 0 heterocycles. The number of halogens is 1. The maximum absolute atomic E-state index is 6.47. The Kier molecular flexibility index (Phi) is 4.73. The molecule has 0 saturated carbocycles. The molecule has 0 unspecified atom stereocenters. The second-order valence-electron chi connectivity index (χ2n) is 1.13. The molecule has 0 radical (unpaired) electrons. The number of aliphatic imine (C=N–C) groups is 1. The molecule has 44 valence electrons. The molecule has 0 aliphatic carbocycles. The van der Waals surface area contributed by atoms with Crippen molar-refractivity contribution < 1.29 is 0 Å². The fraction of sp³-hybridized carbons (Fsp3) is 0.250. The van der Waals surface area contributed by atoms with Gasteiger partial charge in [-0.25, -0.2) is 5.53 Å². The third-order valence-corrected chi connectivity index (χ3v) is 0.816. The van der Waals surface area contributed by atoms with Gasteiger partial charge in [0.25, 0.3) is 0 Å². The maximum Gasteiger partial charge on any atom is 0.0775 e. The minimum atomic E-state index is 0.609. The van der Waals surface area contributed by atoms with Crippen LogP contribution in [0.4, 0.5) is 0 Å². The molecule has 0 aliphatic heterocycles. The molecule has 0 bridgehead atoms. The zero-order valence-corrected chi connectivity index (χ0v) is 6.58. The Morgan fingerprint density at radius 3 is 2.75 bits per heavy atom. The summed E-state index contributed by atoms with van der Waals surface area (Å²) >= 11 is 2.00. The number of rotatable bonds is 2. The van der Waals surface area contributed by atoms with Crippen molar-refractivity contribution in [2.75, 3.05) is 0 Å². The van der Waals surface area contributed by atoms with Crippen molar-refractivity contribution in [1.82, 2.24) is 0 Å². The van der Waals surface area contributed by atoms with Crippen LogP contribution in [-0.2, 0) is 0 Å². The van der Waals surface area contributed by atoms with Crippen molar-refractivity contribution >= 4 is 26.8 Å². The topological polar surface area (TPSA) is 48.6 Å². The highest BCUT2D eigenvalue weighted by molar-refractivity contribution is 14.1. The molecule has 3 nitrogen and oxygen atoms in total. The van der Waals surface area contributed by atoms with E-state index in [4.69, 9.17) is 5.53 Å². The van der Waals surface area contributed by atoms with E-state index >= 15 is 0 Å². The highest BCUT2D eigenvalue weighted by Gasteiger charge is 1.74. The van der Waals surface area contributed by atoms with Crippen LogP contribution in [0.15, 0.2) is 22.0 Å². The molecule has 0 rings (SSSR count). The van der Waals surface area contributed by atoms with E-state index in [2.05, 4.69) is 10.1 Å². The van der Waals surface area contributed by atoms with Gasteiger partial charge >= 0.3 is 0 Å². The van der Waals surface area contributed by atoms with Crippen molar-refractivity contribution in [3.63, 3.8) is 0 Å². The molecule has 0 spiro atoms. The zero-order chi connectivity index (χ0) is 6.41. The number of hydrogen-bond acceptors (Lipinski definition) is 3. The van der Waals surface area contributed by atoms with Gasteiger partial charge in [-0.15, -0.1) is 0 Å². The van der Waals surface area contributed by atoms with Gasteiger partial charge in [0, 0.05) is 0 Å². The summed E-state index contributed by atoms with van der Waals surface area (Å²) in [5, 5.41) is 3.12. The summed E-state index contributed by atoms with van der Waals surface area (Å²) in [6, 6.07) is 0. The molecule has 0 saturated heterocycles. The first-order valence-electron chi connectivity index (χ1n) is 1.97. The van der Waals surface area contributed by atoms with Crippen molar-refractivity contribution in [2.45, 2.75) is 6.92 Å². The van der Waals surface area contributed by atoms with Crippen LogP contribution in [0.3, 0.4) is 0 Å². The lowest BCUT2D eigenvalue weighted by Gasteiger charge is -1.78. The molecule has 1 N–H and O–H groups in total. The smallest absolute Gasteiger partial charge is 0.0775 e. The maximum atomic E-state index is 6.47. The van der Waals surface area contributed by atoms with Crippen LogP contribution in [0.5, 0.6) is 0 Å². The van der Waals surface area contributed by atoms with Gasteiger partial charge in [0.05, 0.1) is 16.1 Å². The minimum absolute atomic E-state index is 0.609. The van der Waals surface area contributed by atoms with Crippen molar-refractivity contribution in [2.24, 2.45) is 10.1 Å². The van der Waals surface area contributed by atoms with Crippen LogP contribution in [0.25, 0.3) is 0 Å². The van der Waals surface area contributed by atoms with E-state index in [0.29, 0.717) is 5.70 Å². The van der Waals surface area contributed by atoms with E-state index in [0.717, 1.165) is 0 Å². The molecule has 8 heavy (non-hydrogen) atoms. The average molecular weight is 223 g/mol. The van der Waals surface area contributed by atoms with Gasteiger partial charge in [0.1, 0.15) is 0 Å². The van der Waals surface area contributed by atoms with E-state index < -0.39 is 0 Å². The normalized spacial score (nSPS) is 12.5. The van der Waals surface area contributed by atoms with Gasteiger partial charge < -0.3 is 0 Å². The molecular formula is C4H6IN3. The third-order valence-electron chi connectivity index (χ3n) is 0.494. The van der Waals surface area contributed by atoms with Gasteiger partial charge in [-0.05, 0) is 29.5 Å². The number of hydrogen-bond donors (Lipinski definition) is 1. The first-order chi connectivity index (χ1) is 3.81. The monoisotopic (exact) mass is 223 g/mol. The van der Waals surface area contributed by atoms with Crippen LogP contribution >= 0.6 is 22.6 Å². The van der Waals surface area contributed by atoms with Gasteiger partial charge in [-0.2, -0.15) is 5.11 Å². The first kappa shape index (κ1) is 7.74. The Hall–Kier alpha value is -0.260. The second kappa shape index (κ2) is 4.89. The lowest BCUT2D eigenvalue weighted by Crippen LogP contribution is -1.60. The standard InChI is InChI=1S/C4H6IN3/c1-4(8-6)2-7-3-5/h2-3,6H,1H3/b4-2-,7-3-,8-6?. The number of nitrogens with zero attached hydrogens (tertiary/aromatic N) is 2. The van der Waals surface area contributed by atoms with E-state index in [9.17, 15) is 0 Å². The van der Waals surface area contributed by atoms with Crippen LogP contribution < -0.4 is 0 Å². The summed E-state index contributed by atoms with van der Waals surface area (Å²) in [5.74, 6) is 0. The summed E-state index contributed by atoms with van der Waals surface area (Å²) in [6.07, 6.45) is 1.53. The molecule has 0 aromatic heterocycles. The highest BCUT2D eigenvalue weighted by atomic mass is 127. The van der Waals surface area contributed by atoms with Gasteiger partial charge in [-0.1, -0.05) is 0 Å². The predicted octanol–water partition coefficient (Wildman–Crippen LogP) is 2.34. The van der Waals surface area contributed by atoms with E-state index in [-0.39, 0.29) is 0 Å². The van der Waals surface area contributed by atoms with Gasteiger partial charge in [0.15, 0.2) is 0 Å². The van der Waals surface area contributed by atoms with Gasteiger partial charge in [0.2, 0.25) is 0 Å². The fourth-order valence-electron chi connectivity index (χ4n) is 0.165. The SMILES string of the molecule is C/C(=C/N=C\I)N=N. The molecule has 0 amide bonds. The molecule has 0 fully saturated rings. The minimum Gasteiger partial charge on any atom is -0.256 e. The summed E-state index contributed by atoms with van der Waals surface area (Å²) in [4.78, 5) is 3.73. The highest BCUT2D eigenvalue weighted by Crippen LogP contribution is 1.91. The quantitative estimate of drug-likeness (QED) is 0.424. The summed E-state index contributed by atoms with van der Waals surface area (Å²) in [7, 11) is 0. The molecule has 0 aliphatic rings. The molecule has 0 aromatic rings. The Labute approximate surface area is 61.5 Å². The molecule has 0 atom stereocenters. The van der Waals surface area contributed by atoms with Crippen molar-refractivity contribution in [3.05, 3.63) is 11.9 Å². The number of nitrogens with one attached hydrogen (secondary N) is 1. The Bertz CT molecular complexity index is 127. The van der Waals surface area contributed by atoms with E-state index in [1.165, 1.54) is 6.20 Å². The van der Waals surface area contributed by atoms with Crippen molar-refractivity contribution in [3.8, 4) is 0 Å². The van der Waals surface area contributed by atoms with Gasteiger partial charge in [-0.3, -0.25) is 4.99 Å². The summed E-state index contributed by atoms with van der Waals surface area (Å²) < 4.78 is 1.62. The average Bonchev–Trinajstić information content (AvgIpc) is 1.83. The molecular weight excluding hydrogens is 217 g/mol. The van der Waals surface area contributed by atoms with Crippen LogP contribution in [0, 0.1) is 5.53 Å². The fourth-order valence-corrected chi connectivity index (χ4v) is 0.326. The third kappa shape index (κ3) is 3.91. The molecule has 0 aromatic carbocycles. The van der Waals surface area contributed by atoms with Crippen LogP contribution in [0.2, 0.25) is 0 Å². The van der Waals surface area contributed by atoms with Crippen molar-refractivity contribution in [1.29, 1.82) is 5.53 Å². The number of allylic oxidation sites excluding steroid dienone is 1. The Balaban J connectivity index is 3.74. The zero-order valence-electron chi connectivity index (χ0n) is 4.43. The van der Waals surface area contributed by atoms with E-state index in [1.54, 1.807) is 11.1 Å². The summed E-state index contributed by atoms with van der Waals surface area (Å²) in [5.41, 5.74) is 7.08. The summed E-state index contributed by atoms with van der Waals surface area (Å²) in [6.45, 7) is 1.72. The largest absolute Gasteiger partial charge is 0.256 e. The second-order valence-corrected chi connectivity index (χ2v) is 1.69. The predicted molar refractivity (Wildman–Crippen MR) is 41.4 cm³/mol. The van der Waals surface area contributed by atoms with Crippen LogP contribution in [0.1, 0.15) is 6.92 Å². The Morgan fingerprint density at radius 2 is 2.38 bits per heavy atom. The molecule has 4 heteroatoms.